The highest BCUT2D eigenvalue weighted by Crippen LogP contribution is 2.34. The van der Waals surface area contributed by atoms with Crippen molar-refractivity contribution in [3.8, 4) is 11.5 Å². The van der Waals surface area contributed by atoms with Crippen LogP contribution in [0.15, 0.2) is 18.2 Å². The van der Waals surface area contributed by atoms with Crippen molar-refractivity contribution in [1.82, 2.24) is 9.21 Å². The average molecular weight is 343 g/mol. The number of hydrogen-bond acceptors (Lipinski definition) is 6. The number of rotatable bonds is 7. The summed E-state index contributed by atoms with van der Waals surface area (Å²) in [4.78, 5) is 14.0. The lowest BCUT2D eigenvalue weighted by molar-refractivity contribution is -0.116. The van der Waals surface area contributed by atoms with Crippen LogP contribution >= 0.6 is 0 Å². The molecule has 23 heavy (non-hydrogen) atoms. The summed E-state index contributed by atoms with van der Waals surface area (Å²) in [5, 5.41) is 2.67. The van der Waals surface area contributed by atoms with Crippen molar-refractivity contribution < 1.29 is 22.7 Å². The molecule has 1 aromatic rings. The van der Waals surface area contributed by atoms with Gasteiger partial charge in [0.2, 0.25) is 22.7 Å². The van der Waals surface area contributed by atoms with Gasteiger partial charge in [0.05, 0.1) is 12.8 Å². The zero-order chi connectivity index (χ0) is 17.0. The Labute approximate surface area is 136 Å². The first kappa shape index (κ1) is 17.5. The molecule has 1 heterocycles. The number of carbonyl (C=O) groups excluding carboxylic acids is 1. The Hall–Kier alpha value is -1.84. The summed E-state index contributed by atoms with van der Waals surface area (Å²) in [5.41, 5.74) is 0.528. The summed E-state index contributed by atoms with van der Waals surface area (Å²) in [7, 11) is 0.225. The van der Waals surface area contributed by atoms with Gasteiger partial charge in [-0.2, -0.15) is 4.31 Å². The van der Waals surface area contributed by atoms with Crippen LogP contribution in [-0.2, 0) is 14.8 Å². The highest BCUT2D eigenvalue weighted by molar-refractivity contribution is 7.88. The molecule has 0 saturated heterocycles. The van der Waals surface area contributed by atoms with Crippen molar-refractivity contribution in [2.24, 2.45) is 0 Å². The third-order valence-electron chi connectivity index (χ3n) is 3.24. The fourth-order valence-electron chi connectivity index (χ4n) is 2.01. The quantitative estimate of drug-likeness (QED) is 0.760. The number of anilines is 1. The molecule has 0 radical (unpaired) electrons. The van der Waals surface area contributed by atoms with Gasteiger partial charge in [-0.3, -0.25) is 4.79 Å². The van der Waals surface area contributed by atoms with E-state index in [1.165, 1.54) is 0 Å². The topological polar surface area (TPSA) is 88.2 Å². The smallest absolute Gasteiger partial charge is 0.239 e. The molecule has 0 fully saturated rings. The third kappa shape index (κ3) is 5.08. The second-order valence-corrected chi connectivity index (χ2v) is 7.50. The van der Waals surface area contributed by atoms with Crippen LogP contribution in [0.3, 0.4) is 0 Å². The van der Waals surface area contributed by atoms with Gasteiger partial charge in [-0.05, 0) is 26.2 Å². The molecule has 1 amide bonds. The monoisotopic (exact) mass is 343 g/mol. The second-order valence-electron chi connectivity index (χ2n) is 5.52. The molecule has 1 aliphatic rings. The molecule has 2 rings (SSSR count). The number of sulfonamides is 1. The standard InChI is InChI=1S/C14H21N3O5S/c1-16(2)6-7-17(23(3,19)20)9-14(18)15-11-4-5-12-13(8-11)22-10-21-12/h4-5,8H,6-7,9-10H2,1-3H3,(H,15,18). The van der Waals surface area contributed by atoms with Gasteiger partial charge in [0.25, 0.3) is 0 Å². The third-order valence-corrected chi connectivity index (χ3v) is 4.49. The van der Waals surface area contributed by atoms with Gasteiger partial charge in [-0.15, -0.1) is 0 Å². The highest BCUT2D eigenvalue weighted by atomic mass is 32.2. The van der Waals surface area contributed by atoms with Gasteiger partial charge in [-0.1, -0.05) is 0 Å². The minimum absolute atomic E-state index is 0.152. The summed E-state index contributed by atoms with van der Waals surface area (Å²) in [6, 6.07) is 5.01. The van der Waals surface area contributed by atoms with E-state index in [0.717, 1.165) is 10.6 Å². The molecular weight excluding hydrogens is 322 g/mol. The van der Waals surface area contributed by atoms with Crippen LogP contribution < -0.4 is 14.8 Å². The summed E-state index contributed by atoms with van der Waals surface area (Å²) in [6.07, 6.45) is 1.09. The number of benzene rings is 1. The predicted molar refractivity (Wildman–Crippen MR) is 86.2 cm³/mol. The summed E-state index contributed by atoms with van der Waals surface area (Å²) in [6.45, 7) is 0.699. The van der Waals surface area contributed by atoms with Crippen LogP contribution in [0.25, 0.3) is 0 Å². The molecule has 0 spiro atoms. The van der Waals surface area contributed by atoms with Crippen molar-refractivity contribution in [2.45, 2.75) is 0 Å². The Balaban J connectivity index is 1.98. The van der Waals surface area contributed by atoms with E-state index in [2.05, 4.69) is 5.32 Å². The van der Waals surface area contributed by atoms with Crippen LogP contribution in [0.4, 0.5) is 5.69 Å². The first-order valence-corrected chi connectivity index (χ1v) is 8.90. The largest absolute Gasteiger partial charge is 0.454 e. The maximum atomic E-state index is 12.1. The fourth-order valence-corrected chi connectivity index (χ4v) is 2.77. The molecule has 1 aliphatic heterocycles. The van der Waals surface area contributed by atoms with Crippen LogP contribution in [0, 0.1) is 0 Å². The van der Waals surface area contributed by atoms with Gasteiger partial charge in [0.15, 0.2) is 11.5 Å². The van der Waals surface area contributed by atoms with Gasteiger partial charge >= 0.3 is 0 Å². The average Bonchev–Trinajstić information content (AvgIpc) is 2.89. The SMILES string of the molecule is CN(C)CCN(CC(=O)Nc1ccc2c(c1)OCO2)S(C)(=O)=O. The van der Waals surface area contributed by atoms with E-state index in [4.69, 9.17) is 9.47 Å². The normalized spacial score (nSPS) is 13.6. The maximum absolute atomic E-state index is 12.1. The molecule has 0 aliphatic carbocycles. The molecule has 1 N–H and O–H groups in total. The van der Waals surface area contributed by atoms with Gasteiger partial charge in [0.1, 0.15) is 0 Å². The van der Waals surface area contributed by atoms with Crippen molar-refractivity contribution >= 4 is 21.6 Å². The molecule has 1 aromatic carbocycles. The molecular formula is C14H21N3O5S. The molecule has 0 aromatic heterocycles. The lowest BCUT2D eigenvalue weighted by Gasteiger charge is -2.21. The number of amides is 1. The van der Waals surface area contributed by atoms with E-state index in [-0.39, 0.29) is 19.9 Å². The van der Waals surface area contributed by atoms with Crippen molar-refractivity contribution in [2.75, 3.05) is 52.1 Å². The van der Waals surface area contributed by atoms with Gasteiger partial charge in [0, 0.05) is 24.8 Å². The van der Waals surface area contributed by atoms with Crippen molar-refractivity contribution in [3.63, 3.8) is 0 Å². The molecule has 0 bridgehead atoms. The van der Waals surface area contributed by atoms with Crippen LogP contribution in [0.5, 0.6) is 11.5 Å². The summed E-state index contributed by atoms with van der Waals surface area (Å²) in [5.74, 6) is 0.759. The Morgan fingerprint density at radius 1 is 1.22 bits per heavy atom. The Morgan fingerprint density at radius 3 is 2.57 bits per heavy atom. The van der Waals surface area contributed by atoms with Crippen LogP contribution in [0.1, 0.15) is 0 Å². The van der Waals surface area contributed by atoms with Gasteiger partial charge in [-0.25, -0.2) is 8.42 Å². The Kier molecular flexibility index (Phi) is 5.45. The molecule has 0 atom stereocenters. The fraction of sp³-hybridized carbons (Fsp3) is 0.500. The van der Waals surface area contributed by atoms with E-state index in [9.17, 15) is 13.2 Å². The number of ether oxygens (including phenoxy) is 2. The number of carbonyl (C=O) groups is 1. The first-order chi connectivity index (χ1) is 10.8. The lowest BCUT2D eigenvalue weighted by Crippen LogP contribution is -2.41. The maximum Gasteiger partial charge on any atom is 0.239 e. The Morgan fingerprint density at radius 2 is 1.91 bits per heavy atom. The zero-order valence-electron chi connectivity index (χ0n) is 13.4. The zero-order valence-corrected chi connectivity index (χ0v) is 14.2. The van der Waals surface area contributed by atoms with Crippen molar-refractivity contribution in [3.05, 3.63) is 18.2 Å². The lowest BCUT2D eigenvalue weighted by atomic mass is 10.3. The number of likely N-dealkylation sites (N-methyl/N-ethyl adjacent to an activating group) is 1. The van der Waals surface area contributed by atoms with Crippen molar-refractivity contribution in [1.29, 1.82) is 0 Å². The second kappa shape index (κ2) is 7.16. The predicted octanol–water partition coefficient (Wildman–Crippen LogP) is 0.177. The summed E-state index contributed by atoms with van der Waals surface area (Å²) >= 11 is 0. The van der Waals surface area contributed by atoms with E-state index >= 15 is 0 Å². The van der Waals surface area contributed by atoms with E-state index in [0.29, 0.717) is 23.7 Å². The molecule has 0 unspecified atom stereocenters. The molecule has 128 valence electrons. The Bertz CT molecular complexity index is 675. The first-order valence-electron chi connectivity index (χ1n) is 7.05. The molecule has 0 saturated carbocycles. The minimum Gasteiger partial charge on any atom is -0.454 e. The van der Waals surface area contributed by atoms with Crippen LogP contribution in [-0.4, -0.2) is 70.3 Å². The van der Waals surface area contributed by atoms with E-state index < -0.39 is 15.9 Å². The number of fused-ring (bicyclic) bond motifs is 1. The number of nitrogens with zero attached hydrogens (tertiary/aromatic N) is 2. The van der Waals surface area contributed by atoms with Gasteiger partial charge < -0.3 is 19.7 Å². The van der Waals surface area contributed by atoms with E-state index in [1.54, 1.807) is 18.2 Å². The molecule has 8 nitrogen and oxygen atoms in total. The number of hydrogen-bond donors (Lipinski definition) is 1. The minimum atomic E-state index is -3.46. The highest BCUT2D eigenvalue weighted by Gasteiger charge is 2.21. The summed E-state index contributed by atoms with van der Waals surface area (Å²) < 4.78 is 35.1. The van der Waals surface area contributed by atoms with E-state index in [1.807, 2.05) is 19.0 Å². The van der Waals surface area contributed by atoms with Crippen LogP contribution in [0.2, 0.25) is 0 Å². The molecule has 9 heteroatoms. The number of nitrogens with one attached hydrogen (secondary N) is 1.